The van der Waals surface area contributed by atoms with Gasteiger partial charge in [-0.2, -0.15) is 0 Å². The zero-order valence-electron chi connectivity index (χ0n) is 5.50. The second-order valence-electron chi connectivity index (χ2n) is 2.40. The molecule has 0 aromatic rings. The fourth-order valence-electron chi connectivity index (χ4n) is 0.884. The summed E-state index contributed by atoms with van der Waals surface area (Å²) in [5, 5.41) is 8.48. The molecule has 52 valence electrons. The summed E-state index contributed by atoms with van der Waals surface area (Å²) in [6.07, 6.45) is 1.15. The van der Waals surface area contributed by atoms with E-state index in [0.29, 0.717) is 0 Å². The predicted molar refractivity (Wildman–Crippen MR) is 33.3 cm³/mol. The van der Waals surface area contributed by atoms with Gasteiger partial charge in [0.25, 0.3) is 0 Å². The van der Waals surface area contributed by atoms with Gasteiger partial charge in [0.2, 0.25) is 0 Å². The zero-order chi connectivity index (χ0) is 6.85. The summed E-state index contributed by atoms with van der Waals surface area (Å²) < 4.78 is 0. The Kier molecular flexibility index (Phi) is 1.71. The molecule has 1 heterocycles. The van der Waals surface area contributed by atoms with Gasteiger partial charge in [0.1, 0.15) is 6.04 Å². The maximum absolute atomic E-state index is 10.3. The molecule has 1 N–H and O–H groups in total. The first-order valence-corrected chi connectivity index (χ1v) is 3.18. The van der Waals surface area contributed by atoms with E-state index in [0.717, 1.165) is 19.5 Å². The molecule has 3 nitrogen and oxygen atoms in total. The van der Waals surface area contributed by atoms with Crippen molar-refractivity contribution in [3.8, 4) is 0 Å². The van der Waals surface area contributed by atoms with Crippen LogP contribution < -0.4 is 0 Å². The highest BCUT2D eigenvalue weighted by Gasteiger charge is 2.24. The monoisotopic (exact) mass is 129 g/mol. The fourth-order valence-corrected chi connectivity index (χ4v) is 0.884. The molecule has 1 rings (SSSR count). The Morgan fingerprint density at radius 1 is 1.67 bits per heavy atom. The Hall–Kier alpha value is -0.570. The smallest absolute Gasteiger partial charge is 0.320 e. The number of hydrogen-bond donors (Lipinski definition) is 1. The van der Waals surface area contributed by atoms with Crippen LogP contribution >= 0.6 is 0 Å². The Morgan fingerprint density at radius 3 is 2.33 bits per heavy atom. The van der Waals surface area contributed by atoms with Crippen molar-refractivity contribution in [1.29, 1.82) is 0 Å². The van der Waals surface area contributed by atoms with Gasteiger partial charge in [-0.15, -0.1) is 0 Å². The minimum absolute atomic E-state index is 0.279. The molecule has 1 atom stereocenters. The molecule has 1 unspecified atom stereocenters. The van der Waals surface area contributed by atoms with Crippen molar-refractivity contribution >= 4 is 5.97 Å². The molecule has 1 aliphatic heterocycles. The summed E-state index contributed by atoms with van der Waals surface area (Å²) >= 11 is 0. The van der Waals surface area contributed by atoms with Gasteiger partial charge in [-0.05, 0) is 13.3 Å². The Morgan fingerprint density at radius 2 is 2.22 bits per heavy atom. The lowest BCUT2D eigenvalue weighted by molar-refractivity contribution is -0.144. The highest BCUT2D eigenvalue weighted by Crippen LogP contribution is 2.10. The number of hydrogen-bond acceptors (Lipinski definition) is 2. The number of carboxylic acids is 1. The van der Waals surface area contributed by atoms with Crippen molar-refractivity contribution < 1.29 is 9.90 Å². The third kappa shape index (κ3) is 1.21. The third-order valence-corrected chi connectivity index (χ3v) is 1.80. The summed E-state index contributed by atoms with van der Waals surface area (Å²) in [7, 11) is 0. The number of nitrogens with zero attached hydrogens (tertiary/aromatic N) is 1. The molecule has 0 aromatic carbocycles. The highest BCUT2D eigenvalue weighted by atomic mass is 16.4. The topological polar surface area (TPSA) is 40.5 Å². The molecular formula is C6H11NO2. The molecule has 0 aliphatic carbocycles. The standard InChI is InChI=1S/C6H11NO2/c1-5(6(8)9)7-3-2-4-7/h5H,2-4H2,1H3,(H,8,9). The molecule has 1 aliphatic rings. The van der Waals surface area contributed by atoms with Crippen molar-refractivity contribution in [3.63, 3.8) is 0 Å². The fraction of sp³-hybridized carbons (Fsp3) is 0.833. The van der Waals surface area contributed by atoms with E-state index >= 15 is 0 Å². The molecule has 0 amide bonds. The lowest BCUT2D eigenvalue weighted by Crippen LogP contribution is -2.47. The summed E-state index contributed by atoms with van der Waals surface area (Å²) in [5.41, 5.74) is 0. The van der Waals surface area contributed by atoms with Crippen LogP contribution in [-0.4, -0.2) is 35.1 Å². The second-order valence-corrected chi connectivity index (χ2v) is 2.40. The van der Waals surface area contributed by atoms with E-state index in [1.165, 1.54) is 0 Å². The summed E-state index contributed by atoms with van der Waals surface area (Å²) in [6.45, 7) is 3.63. The van der Waals surface area contributed by atoms with Crippen LogP contribution in [0.2, 0.25) is 0 Å². The van der Waals surface area contributed by atoms with E-state index < -0.39 is 5.97 Å². The first kappa shape index (κ1) is 6.55. The number of likely N-dealkylation sites (tertiary alicyclic amines) is 1. The third-order valence-electron chi connectivity index (χ3n) is 1.80. The molecule has 0 bridgehead atoms. The summed E-state index contributed by atoms with van der Waals surface area (Å²) in [4.78, 5) is 12.2. The zero-order valence-corrected chi connectivity index (χ0v) is 5.50. The van der Waals surface area contributed by atoms with Crippen molar-refractivity contribution in [1.82, 2.24) is 4.90 Å². The van der Waals surface area contributed by atoms with Gasteiger partial charge in [0.15, 0.2) is 0 Å². The van der Waals surface area contributed by atoms with E-state index in [2.05, 4.69) is 0 Å². The minimum Gasteiger partial charge on any atom is -0.480 e. The summed E-state index contributed by atoms with van der Waals surface area (Å²) in [5.74, 6) is -0.713. The van der Waals surface area contributed by atoms with Gasteiger partial charge in [0.05, 0.1) is 0 Å². The lowest BCUT2D eigenvalue weighted by atomic mass is 10.1. The highest BCUT2D eigenvalue weighted by molar-refractivity contribution is 5.72. The van der Waals surface area contributed by atoms with Crippen LogP contribution in [0.1, 0.15) is 13.3 Å². The van der Waals surface area contributed by atoms with Gasteiger partial charge in [0, 0.05) is 13.1 Å². The Labute approximate surface area is 54.3 Å². The van der Waals surface area contributed by atoms with Crippen LogP contribution in [0.25, 0.3) is 0 Å². The van der Waals surface area contributed by atoms with Gasteiger partial charge < -0.3 is 5.11 Å². The maximum Gasteiger partial charge on any atom is 0.320 e. The van der Waals surface area contributed by atoms with E-state index in [9.17, 15) is 4.79 Å². The Balaban J connectivity index is 2.32. The van der Waals surface area contributed by atoms with E-state index in [4.69, 9.17) is 5.11 Å². The lowest BCUT2D eigenvalue weighted by Gasteiger charge is -2.33. The molecule has 0 spiro atoms. The van der Waals surface area contributed by atoms with E-state index in [-0.39, 0.29) is 6.04 Å². The van der Waals surface area contributed by atoms with Gasteiger partial charge >= 0.3 is 5.97 Å². The van der Waals surface area contributed by atoms with Crippen molar-refractivity contribution in [3.05, 3.63) is 0 Å². The molecule has 9 heavy (non-hydrogen) atoms. The normalized spacial score (nSPS) is 22.8. The first-order valence-electron chi connectivity index (χ1n) is 3.18. The predicted octanol–water partition coefficient (Wildman–Crippen LogP) is 0.165. The second kappa shape index (κ2) is 2.35. The minimum atomic E-state index is -0.713. The molecular weight excluding hydrogens is 118 g/mol. The van der Waals surface area contributed by atoms with Crippen LogP contribution in [0.4, 0.5) is 0 Å². The maximum atomic E-state index is 10.3. The van der Waals surface area contributed by atoms with Crippen LogP contribution in [0.5, 0.6) is 0 Å². The molecule has 1 fully saturated rings. The Bertz CT molecular complexity index is 120. The number of aliphatic carboxylic acids is 1. The number of rotatable bonds is 2. The average Bonchev–Trinajstić information content (AvgIpc) is 1.60. The quantitative estimate of drug-likeness (QED) is 0.577. The molecule has 0 aromatic heterocycles. The number of carboxylic acid groups (broad SMARTS) is 1. The molecule has 0 saturated carbocycles. The van der Waals surface area contributed by atoms with Gasteiger partial charge in [-0.25, -0.2) is 0 Å². The van der Waals surface area contributed by atoms with Crippen LogP contribution in [-0.2, 0) is 4.79 Å². The molecule has 1 saturated heterocycles. The van der Waals surface area contributed by atoms with Crippen LogP contribution in [0.3, 0.4) is 0 Å². The van der Waals surface area contributed by atoms with Crippen molar-refractivity contribution in [2.45, 2.75) is 19.4 Å². The van der Waals surface area contributed by atoms with Crippen molar-refractivity contribution in [2.24, 2.45) is 0 Å². The van der Waals surface area contributed by atoms with Crippen LogP contribution in [0, 0.1) is 0 Å². The molecule has 0 radical (unpaired) electrons. The van der Waals surface area contributed by atoms with E-state index in [1.807, 2.05) is 4.90 Å². The summed E-state index contributed by atoms with van der Waals surface area (Å²) in [6, 6.07) is -0.279. The first-order chi connectivity index (χ1) is 4.22. The molecule has 3 heteroatoms. The van der Waals surface area contributed by atoms with Crippen LogP contribution in [0.15, 0.2) is 0 Å². The van der Waals surface area contributed by atoms with Gasteiger partial charge in [-0.1, -0.05) is 0 Å². The van der Waals surface area contributed by atoms with Gasteiger partial charge in [-0.3, -0.25) is 9.69 Å². The number of carbonyl (C=O) groups is 1. The average molecular weight is 129 g/mol. The SMILES string of the molecule is CC(C(=O)O)N1CCC1. The van der Waals surface area contributed by atoms with E-state index in [1.54, 1.807) is 6.92 Å². The van der Waals surface area contributed by atoms with Crippen molar-refractivity contribution in [2.75, 3.05) is 13.1 Å². The largest absolute Gasteiger partial charge is 0.480 e.